The number of hydrogen-bond donors (Lipinski definition) is 4. The Labute approximate surface area is 86.7 Å². The molecule has 1 aromatic heterocycles. The Morgan fingerprint density at radius 3 is 2.73 bits per heavy atom. The number of aromatic nitrogens is 2. The zero-order valence-corrected chi connectivity index (χ0v) is 8.66. The van der Waals surface area contributed by atoms with E-state index in [1.54, 1.807) is 0 Å². The molecule has 0 radical (unpaired) electrons. The van der Waals surface area contributed by atoms with Gasteiger partial charge in [-0.1, -0.05) is 0 Å². The summed E-state index contributed by atoms with van der Waals surface area (Å²) in [6.45, 7) is 0. The molecule has 1 aliphatic rings. The van der Waals surface area contributed by atoms with Gasteiger partial charge in [-0.25, -0.2) is 13.1 Å². The predicted octanol–water partition coefficient (Wildman–Crippen LogP) is -1.21. The highest BCUT2D eigenvalue weighted by atomic mass is 32.2. The number of rotatable bonds is 3. The minimum Gasteiger partial charge on any atom is -0.393 e. The third kappa shape index (κ3) is 1.96. The van der Waals surface area contributed by atoms with Crippen LogP contribution in [0.2, 0.25) is 0 Å². The van der Waals surface area contributed by atoms with Crippen LogP contribution in [0.15, 0.2) is 11.1 Å². The van der Waals surface area contributed by atoms with Crippen LogP contribution in [0.5, 0.6) is 0 Å². The number of nitrogens with one attached hydrogen (secondary N) is 2. The molecule has 0 amide bonds. The lowest BCUT2D eigenvalue weighted by Crippen LogP contribution is -2.46. The summed E-state index contributed by atoms with van der Waals surface area (Å²) < 4.78 is 25.8. The topological polar surface area (TPSA) is 121 Å². The van der Waals surface area contributed by atoms with Gasteiger partial charge in [0.1, 0.15) is 10.7 Å². The number of nitrogen functional groups attached to an aromatic ring is 1. The van der Waals surface area contributed by atoms with Crippen molar-refractivity contribution >= 4 is 15.8 Å². The van der Waals surface area contributed by atoms with Crippen LogP contribution in [0.1, 0.15) is 12.8 Å². The van der Waals surface area contributed by atoms with E-state index in [-0.39, 0.29) is 16.8 Å². The number of H-pyrrole nitrogens is 1. The summed E-state index contributed by atoms with van der Waals surface area (Å²) in [7, 11) is -3.61. The Balaban J connectivity index is 2.11. The Hall–Kier alpha value is -1.12. The molecule has 0 aromatic carbocycles. The number of nitrogens with zero attached hydrogens (tertiary/aromatic N) is 1. The number of anilines is 1. The van der Waals surface area contributed by atoms with E-state index in [2.05, 4.69) is 14.9 Å². The van der Waals surface area contributed by atoms with Crippen LogP contribution in [0.4, 0.5) is 5.82 Å². The summed E-state index contributed by atoms with van der Waals surface area (Å²) in [5.41, 5.74) is 5.40. The maximum atomic E-state index is 11.7. The molecular formula is C7H12N4O3S. The average molecular weight is 232 g/mol. The van der Waals surface area contributed by atoms with Gasteiger partial charge < -0.3 is 10.8 Å². The van der Waals surface area contributed by atoms with E-state index in [1.165, 1.54) is 0 Å². The minimum absolute atomic E-state index is 0.0161. The summed E-state index contributed by atoms with van der Waals surface area (Å²) in [6, 6.07) is -0.209. The van der Waals surface area contributed by atoms with Crippen LogP contribution in [0.3, 0.4) is 0 Å². The zero-order valence-electron chi connectivity index (χ0n) is 7.84. The van der Waals surface area contributed by atoms with Gasteiger partial charge in [-0.05, 0) is 12.8 Å². The van der Waals surface area contributed by atoms with Gasteiger partial charge in [-0.3, -0.25) is 5.10 Å². The molecule has 1 aliphatic carbocycles. The normalized spacial score (nSPS) is 26.2. The molecule has 15 heavy (non-hydrogen) atoms. The number of aromatic amines is 1. The second kappa shape index (κ2) is 3.47. The van der Waals surface area contributed by atoms with Gasteiger partial charge in [0, 0.05) is 6.04 Å². The summed E-state index contributed by atoms with van der Waals surface area (Å²) >= 11 is 0. The summed E-state index contributed by atoms with van der Waals surface area (Å²) in [5.74, 6) is 0.0161. The van der Waals surface area contributed by atoms with Crippen molar-refractivity contribution in [3.05, 3.63) is 6.20 Å². The second-order valence-corrected chi connectivity index (χ2v) is 5.27. The lowest BCUT2D eigenvalue weighted by Gasteiger charge is -2.31. The number of sulfonamides is 1. The highest BCUT2D eigenvalue weighted by molar-refractivity contribution is 7.89. The fourth-order valence-corrected chi connectivity index (χ4v) is 2.75. The van der Waals surface area contributed by atoms with Crippen LogP contribution < -0.4 is 10.5 Å². The lowest BCUT2D eigenvalue weighted by atomic mass is 9.91. The van der Waals surface area contributed by atoms with E-state index in [1.807, 2.05) is 0 Å². The first-order chi connectivity index (χ1) is 6.99. The molecule has 84 valence electrons. The first-order valence-electron chi connectivity index (χ1n) is 4.48. The third-order valence-electron chi connectivity index (χ3n) is 2.36. The van der Waals surface area contributed by atoms with Gasteiger partial charge in [0.15, 0.2) is 0 Å². The van der Waals surface area contributed by atoms with Crippen LogP contribution in [-0.4, -0.2) is 35.9 Å². The summed E-state index contributed by atoms with van der Waals surface area (Å²) in [4.78, 5) is -0.0520. The van der Waals surface area contributed by atoms with E-state index in [9.17, 15) is 8.42 Å². The van der Waals surface area contributed by atoms with Crippen molar-refractivity contribution < 1.29 is 13.5 Å². The SMILES string of the molecule is Nc1[nH]ncc1S(=O)(=O)NC1CC(O)C1. The van der Waals surface area contributed by atoms with Crippen LogP contribution in [-0.2, 0) is 10.0 Å². The van der Waals surface area contributed by atoms with E-state index < -0.39 is 16.1 Å². The Morgan fingerprint density at radius 1 is 1.60 bits per heavy atom. The maximum Gasteiger partial charge on any atom is 0.246 e. The first-order valence-corrected chi connectivity index (χ1v) is 5.96. The van der Waals surface area contributed by atoms with Crippen molar-refractivity contribution in [3.8, 4) is 0 Å². The van der Waals surface area contributed by atoms with Gasteiger partial charge >= 0.3 is 0 Å². The fraction of sp³-hybridized carbons (Fsp3) is 0.571. The summed E-state index contributed by atoms with van der Waals surface area (Å²) in [5, 5.41) is 14.9. The molecule has 1 saturated carbocycles. The van der Waals surface area contributed by atoms with Gasteiger partial charge in [-0.2, -0.15) is 5.10 Å². The number of hydrogen-bond acceptors (Lipinski definition) is 5. The molecule has 0 spiro atoms. The molecule has 8 heteroatoms. The monoisotopic (exact) mass is 232 g/mol. The maximum absolute atomic E-state index is 11.7. The molecule has 0 saturated heterocycles. The van der Waals surface area contributed by atoms with E-state index >= 15 is 0 Å². The van der Waals surface area contributed by atoms with Crippen molar-refractivity contribution in [2.45, 2.75) is 29.9 Å². The Kier molecular flexibility index (Phi) is 2.41. The van der Waals surface area contributed by atoms with Crippen molar-refractivity contribution in [1.82, 2.24) is 14.9 Å². The molecule has 0 unspecified atom stereocenters. The Bertz CT molecular complexity index is 449. The van der Waals surface area contributed by atoms with Crippen molar-refractivity contribution in [2.75, 3.05) is 5.73 Å². The van der Waals surface area contributed by atoms with E-state index in [0.717, 1.165) is 6.20 Å². The lowest BCUT2D eigenvalue weighted by molar-refractivity contribution is 0.0712. The standard InChI is InChI=1S/C7H12N4O3S/c8-7-6(3-9-10-7)15(13,14)11-4-1-5(12)2-4/h3-5,11-12H,1-2H2,(H3,8,9,10). The zero-order chi connectivity index (χ0) is 11.1. The average Bonchev–Trinajstić information content (AvgIpc) is 2.48. The molecule has 2 rings (SSSR count). The number of aliphatic hydroxyl groups is 1. The number of aliphatic hydroxyl groups excluding tert-OH is 1. The highest BCUT2D eigenvalue weighted by Gasteiger charge is 2.32. The van der Waals surface area contributed by atoms with Crippen LogP contribution in [0, 0.1) is 0 Å². The van der Waals surface area contributed by atoms with Crippen LogP contribution in [0.25, 0.3) is 0 Å². The molecule has 7 nitrogen and oxygen atoms in total. The smallest absolute Gasteiger partial charge is 0.246 e. The minimum atomic E-state index is -3.61. The molecular weight excluding hydrogens is 220 g/mol. The molecule has 5 N–H and O–H groups in total. The van der Waals surface area contributed by atoms with Gasteiger partial charge in [-0.15, -0.1) is 0 Å². The quantitative estimate of drug-likeness (QED) is 0.521. The molecule has 0 aliphatic heterocycles. The Morgan fingerprint density at radius 2 is 2.27 bits per heavy atom. The van der Waals surface area contributed by atoms with Crippen molar-refractivity contribution in [1.29, 1.82) is 0 Å². The van der Waals surface area contributed by atoms with Gasteiger partial charge in [0.25, 0.3) is 0 Å². The predicted molar refractivity (Wildman–Crippen MR) is 52.4 cm³/mol. The van der Waals surface area contributed by atoms with E-state index in [0.29, 0.717) is 12.8 Å². The summed E-state index contributed by atoms with van der Waals surface area (Å²) in [6.07, 6.45) is 1.64. The third-order valence-corrected chi connectivity index (χ3v) is 3.90. The largest absolute Gasteiger partial charge is 0.393 e. The second-order valence-electron chi connectivity index (χ2n) is 3.59. The van der Waals surface area contributed by atoms with Crippen LogP contribution >= 0.6 is 0 Å². The van der Waals surface area contributed by atoms with Crippen molar-refractivity contribution in [3.63, 3.8) is 0 Å². The first kappa shape index (κ1) is 10.4. The molecule has 0 bridgehead atoms. The molecule has 1 aromatic rings. The highest BCUT2D eigenvalue weighted by Crippen LogP contribution is 2.23. The van der Waals surface area contributed by atoms with E-state index in [4.69, 9.17) is 10.8 Å². The molecule has 1 fully saturated rings. The fourth-order valence-electron chi connectivity index (χ4n) is 1.47. The van der Waals surface area contributed by atoms with Gasteiger partial charge in [0.2, 0.25) is 10.0 Å². The number of nitrogens with two attached hydrogens (primary N) is 1. The van der Waals surface area contributed by atoms with Gasteiger partial charge in [0.05, 0.1) is 12.3 Å². The van der Waals surface area contributed by atoms with Crippen molar-refractivity contribution in [2.24, 2.45) is 0 Å². The molecule has 1 heterocycles. The molecule has 0 atom stereocenters.